The van der Waals surface area contributed by atoms with E-state index >= 15 is 0 Å². The summed E-state index contributed by atoms with van der Waals surface area (Å²) in [7, 11) is 1.70. The molecule has 0 aromatic carbocycles. The Morgan fingerprint density at radius 2 is 1.94 bits per heavy atom. The van der Waals surface area contributed by atoms with Gasteiger partial charge in [-0.15, -0.1) is 0 Å². The maximum Gasteiger partial charge on any atom is 0.246 e. The molecule has 0 radical (unpaired) electrons. The first-order valence-corrected chi connectivity index (χ1v) is 6.85. The van der Waals surface area contributed by atoms with E-state index in [0.29, 0.717) is 0 Å². The Morgan fingerprint density at radius 1 is 1.11 bits per heavy atom. The van der Waals surface area contributed by atoms with Crippen LogP contribution < -0.4 is 0 Å². The minimum atomic E-state index is -0.190. The molecule has 3 unspecified atom stereocenters. The zero-order valence-electron chi connectivity index (χ0n) is 10.8. The SMILES string of the molecule is COC1CCCC1N1CC(=O)N2CCCC2C1=O. The molecule has 3 aliphatic rings. The van der Waals surface area contributed by atoms with Crippen LogP contribution in [0.2, 0.25) is 0 Å². The number of hydrogen-bond acceptors (Lipinski definition) is 3. The van der Waals surface area contributed by atoms with Gasteiger partial charge in [-0.25, -0.2) is 0 Å². The largest absolute Gasteiger partial charge is 0.379 e. The molecule has 3 rings (SSSR count). The first-order chi connectivity index (χ1) is 8.72. The Labute approximate surface area is 107 Å². The Morgan fingerprint density at radius 3 is 2.72 bits per heavy atom. The second-order valence-corrected chi connectivity index (χ2v) is 5.48. The van der Waals surface area contributed by atoms with Crippen molar-refractivity contribution in [2.24, 2.45) is 0 Å². The first-order valence-electron chi connectivity index (χ1n) is 6.85. The third-order valence-electron chi connectivity index (χ3n) is 4.57. The molecule has 5 heteroatoms. The number of fused-ring (bicyclic) bond motifs is 1. The van der Waals surface area contributed by atoms with Crippen LogP contribution >= 0.6 is 0 Å². The molecule has 2 saturated heterocycles. The molecule has 0 aromatic rings. The van der Waals surface area contributed by atoms with Crippen LogP contribution in [-0.4, -0.2) is 60.0 Å². The summed E-state index contributed by atoms with van der Waals surface area (Å²) in [6.07, 6.45) is 4.92. The Bertz CT molecular complexity index is 371. The van der Waals surface area contributed by atoms with Gasteiger partial charge >= 0.3 is 0 Å². The van der Waals surface area contributed by atoms with Crippen molar-refractivity contribution in [2.45, 2.75) is 50.3 Å². The molecule has 0 N–H and O–H groups in total. The van der Waals surface area contributed by atoms with Gasteiger partial charge in [-0.05, 0) is 32.1 Å². The van der Waals surface area contributed by atoms with Crippen LogP contribution in [0.15, 0.2) is 0 Å². The number of carbonyl (C=O) groups is 2. The summed E-state index contributed by atoms with van der Waals surface area (Å²) in [6, 6.07) is -0.0847. The highest BCUT2D eigenvalue weighted by molar-refractivity contribution is 5.95. The van der Waals surface area contributed by atoms with Gasteiger partial charge in [0.25, 0.3) is 0 Å². The van der Waals surface area contributed by atoms with Crippen LogP contribution in [0.4, 0.5) is 0 Å². The number of carbonyl (C=O) groups excluding carboxylic acids is 2. The van der Waals surface area contributed by atoms with Crippen molar-refractivity contribution in [3.63, 3.8) is 0 Å². The predicted octanol–water partition coefficient (Wildman–Crippen LogP) is 0.387. The van der Waals surface area contributed by atoms with Gasteiger partial charge in [0.1, 0.15) is 12.6 Å². The monoisotopic (exact) mass is 252 g/mol. The van der Waals surface area contributed by atoms with Crippen molar-refractivity contribution in [1.82, 2.24) is 9.80 Å². The number of piperazine rings is 1. The van der Waals surface area contributed by atoms with E-state index < -0.39 is 0 Å². The maximum absolute atomic E-state index is 12.5. The molecule has 5 nitrogen and oxygen atoms in total. The summed E-state index contributed by atoms with van der Waals surface area (Å²) in [6.45, 7) is 1.00. The molecule has 18 heavy (non-hydrogen) atoms. The molecule has 1 saturated carbocycles. The van der Waals surface area contributed by atoms with Crippen LogP contribution in [0.5, 0.6) is 0 Å². The van der Waals surface area contributed by atoms with E-state index in [2.05, 4.69) is 0 Å². The second-order valence-electron chi connectivity index (χ2n) is 5.48. The molecule has 3 atom stereocenters. The van der Waals surface area contributed by atoms with Crippen LogP contribution in [0.25, 0.3) is 0 Å². The highest BCUT2D eigenvalue weighted by atomic mass is 16.5. The van der Waals surface area contributed by atoms with E-state index in [-0.39, 0.29) is 36.5 Å². The van der Waals surface area contributed by atoms with Crippen LogP contribution in [0.1, 0.15) is 32.1 Å². The highest BCUT2D eigenvalue weighted by Gasteiger charge is 2.46. The number of nitrogens with zero attached hydrogens (tertiary/aromatic N) is 2. The fourth-order valence-corrected chi connectivity index (χ4v) is 3.65. The van der Waals surface area contributed by atoms with Gasteiger partial charge in [-0.3, -0.25) is 9.59 Å². The number of ether oxygens (including phenoxy) is 1. The van der Waals surface area contributed by atoms with E-state index in [9.17, 15) is 9.59 Å². The molecule has 100 valence electrons. The Hall–Kier alpha value is -1.10. The van der Waals surface area contributed by atoms with E-state index in [4.69, 9.17) is 4.74 Å². The van der Waals surface area contributed by atoms with Gasteiger partial charge in [-0.2, -0.15) is 0 Å². The lowest BCUT2D eigenvalue weighted by molar-refractivity contribution is -0.157. The topological polar surface area (TPSA) is 49.9 Å². The van der Waals surface area contributed by atoms with Crippen molar-refractivity contribution < 1.29 is 14.3 Å². The lowest BCUT2D eigenvalue weighted by Crippen LogP contribution is -2.61. The van der Waals surface area contributed by atoms with Gasteiger partial charge in [0.15, 0.2) is 0 Å². The van der Waals surface area contributed by atoms with Crippen LogP contribution in [-0.2, 0) is 14.3 Å². The molecule has 2 aliphatic heterocycles. The number of methoxy groups -OCH3 is 1. The molecule has 1 aliphatic carbocycles. The van der Waals surface area contributed by atoms with Crippen molar-refractivity contribution in [3.05, 3.63) is 0 Å². The maximum atomic E-state index is 12.5. The van der Waals surface area contributed by atoms with E-state index in [1.807, 2.05) is 0 Å². The van der Waals surface area contributed by atoms with Gasteiger partial charge in [-0.1, -0.05) is 0 Å². The zero-order valence-corrected chi connectivity index (χ0v) is 10.8. The molecular formula is C13H20N2O3. The van der Waals surface area contributed by atoms with Crippen molar-refractivity contribution >= 4 is 11.8 Å². The van der Waals surface area contributed by atoms with Crippen molar-refractivity contribution in [1.29, 1.82) is 0 Å². The molecule has 0 bridgehead atoms. The average molecular weight is 252 g/mol. The summed E-state index contributed by atoms with van der Waals surface area (Å²) in [5.74, 6) is 0.250. The van der Waals surface area contributed by atoms with E-state index in [0.717, 1.165) is 38.6 Å². The Kier molecular flexibility index (Phi) is 3.01. The third kappa shape index (κ3) is 1.72. The van der Waals surface area contributed by atoms with Crippen LogP contribution in [0.3, 0.4) is 0 Å². The fraction of sp³-hybridized carbons (Fsp3) is 0.846. The highest BCUT2D eigenvalue weighted by Crippen LogP contribution is 2.31. The van der Waals surface area contributed by atoms with Gasteiger partial charge in [0.2, 0.25) is 11.8 Å². The lowest BCUT2D eigenvalue weighted by atomic mass is 10.1. The minimum Gasteiger partial charge on any atom is -0.379 e. The summed E-state index contributed by atoms with van der Waals surface area (Å²) in [4.78, 5) is 28.1. The van der Waals surface area contributed by atoms with Gasteiger partial charge in [0, 0.05) is 13.7 Å². The average Bonchev–Trinajstić information content (AvgIpc) is 3.01. The summed E-state index contributed by atoms with van der Waals surface area (Å²) in [5.41, 5.74) is 0. The zero-order chi connectivity index (χ0) is 12.7. The molecule has 2 heterocycles. The molecule has 3 fully saturated rings. The molecule has 0 aromatic heterocycles. The molecule has 0 spiro atoms. The quantitative estimate of drug-likeness (QED) is 0.714. The second kappa shape index (κ2) is 4.53. The number of hydrogen-bond donors (Lipinski definition) is 0. The number of rotatable bonds is 2. The predicted molar refractivity (Wildman–Crippen MR) is 64.9 cm³/mol. The summed E-state index contributed by atoms with van der Waals surface area (Å²) < 4.78 is 5.45. The smallest absolute Gasteiger partial charge is 0.246 e. The summed E-state index contributed by atoms with van der Waals surface area (Å²) in [5, 5.41) is 0. The lowest BCUT2D eigenvalue weighted by Gasteiger charge is -2.41. The number of amides is 2. The summed E-state index contributed by atoms with van der Waals surface area (Å²) >= 11 is 0. The Balaban J connectivity index is 1.80. The fourth-order valence-electron chi connectivity index (χ4n) is 3.65. The molecule has 2 amide bonds. The van der Waals surface area contributed by atoms with Crippen molar-refractivity contribution in [2.75, 3.05) is 20.2 Å². The van der Waals surface area contributed by atoms with Gasteiger partial charge in [0.05, 0.1) is 12.1 Å². The van der Waals surface area contributed by atoms with Crippen molar-refractivity contribution in [3.8, 4) is 0 Å². The minimum absolute atomic E-state index is 0.106. The normalized spacial score (nSPS) is 36.4. The third-order valence-corrected chi connectivity index (χ3v) is 4.57. The van der Waals surface area contributed by atoms with E-state index in [1.165, 1.54) is 0 Å². The van der Waals surface area contributed by atoms with Crippen LogP contribution in [0, 0.1) is 0 Å². The molecular weight excluding hydrogens is 232 g/mol. The van der Waals surface area contributed by atoms with E-state index in [1.54, 1.807) is 16.9 Å². The first kappa shape index (κ1) is 12.0. The standard InChI is InChI=1S/C13H20N2O3/c1-18-11-6-2-4-9(11)15-8-12(16)14-7-3-5-10(14)13(15)17/h9-11H,2-8H2,1H3. The van der Waals surface area contributed by atoms with Gasteiger partial charge < -0.3 is 14.5 Å².